The number of nitrogen functional groups attached to an aromatic ring is 1. The first-order valence-corrected chi connectivity index (χ1v) is 10.2. The number of fused-ring (bicyclic) bond motifs is 1. The zero-order valence-corrected chi connectivity index (χ0v) is 17.7. The molecule has 3 rings (SSSR count). The van der Waals surface area contributed by atoms with Gasteiger partial charge in [0.15, 0.2) is 0 Å². The highest BCUT2D eigenvalue weighted by Crippen LogP contribution is 2.30. The first-order valence-electron chi connectivity index (χ1n) is 10.2. The molecule has 0 aliphatic carbocycles. The first kappa shape index (κ1) is 22.4. The summed E-state index contributed by atoms with van der Waals surface area (Å²) in [5.41, 5.74) is 6.83. The Labute approximate surface area is 181 Å². The van der Waals surface area contributed by atoms with Crippen molar-refractivity contribution in [2.75, 3.05) is 63.5 Å². The molecule has 31 heavy (non-hydrogen) atoms. The summed E-state index contributed by atoms with van der Waals surface area (Å²) < 4.78 is 11.0. The molecule has 1 fully saturated rings. The van der Waals surface area contributed by atoms with E-state index in [4.69, 9.17) is 15.2 Å². The van der Waals surface area contributed by atoms with Crippen molar-refractivity contribution in [2.45, 2.75) is 6.92 Å². The van der Waals surface area contributed by atoms with E-state index in [1.807, 2.05) is 6.92 Å². The Morgan fingerprint density at radius 1 is 1.26 bits per heavy atom. The van der Waals surface area contributed by atoms with E-state index in [-0.39, 0.29) is 17.8 Å². The quantitative estimate of drug-likeness (QED) is 0.443. The lowest BCUT2D eigenvalue weighted by molar-refractivity contribution is -0.144. The molecule has 10 heteroatoms. The highest BCUT2D eigenvalue weighted by atomic mass is 16.5. The highest BCUT2D eigenvalue weighted by molar-refractivity contribution is 6.01. The molecule has 0 unspecified atom stereocenters. The van der Waals surface area contributed by atoms with Crippen LogP contribution in [0.4, 0.5) is 11.6 Å². The number of esters is 1. The van der Waals surface area contributed by atoms with Crippen molar-refractivity contribution in [1.29, 1.82) is 0 Å². The number of aromatic nitrogens is 2. The molecule has 0 bridgehead atoms. The Bertz CT molecular complexity index is 943. The number of rotatable bonds is 9. The maximum Gasteiger partial charge on any atom is 0.320 e. The van der Waals surface area contributed by atoms with E-state index in [0.717, 1.165) is 31.6 Å². The van der Waals surface area contributed by atoms with E-state index in [0.29, 0.717) is 43.3 Å². The predicted molar refractivity (Wildman–Crippen MR) is 118 cm³/mol. The number of carbonyl (C=O) groups excluding carboxylic acids is 2. The van der Waals surface area contributed by atoms with E-state index in [1.165, 1.54) is 6.08 Å². The largest absolute Gasteiger partial charge is 0.490 e. The summed E-state index contributed by atoms with van der Waals surface area (Å²) in [6, 6.07) is 3.49. The maximum atomic E-state index is 11.8. The fourth-order valence-corrected chi connectivity index (χ4v) is 3.32. The van der Waals surface area contributed by atoms with Crippen LogP contribution in [-0.4, -0.2) is 84.1 Å². The summed E-state index contributed by atoms with van der Waals surface area (Å²) >= 11 is 0. The molecule has 2 heterocycles. The van der Waals surface area contributed by atoms with Crippen LogP contribution in [0.3, 0.4) is 0 Å². The van der Waals surface area contributed by atoms with Gasteiger partial charge >= 0.3 is 5.97 Å². The minimum Gasteiger partial charge on any atom is -0.490 e. The van der Waals surface area contributed by atoms with Crippen molar-refractivity contribution in [3.8, 4) is 5.75 Å². The van der Waals surface area contributed by atoms with E-state index in [9.17, 15) is 9.59 Å². The Hall–Kier alpha value is -3.24. The van der Waals surface area contributed by atoms with Gasteiger partial charge in [-0.2, -0.15) is 0 Å². The molecule has 0 atom stereocenters. The Morgan fingerprint density at radius 2 is 2.00 bits per heavy atom. The molecule has 0 spiro atoms. The molecule has 166 valence electrons. The number of piperazine rings is 1. The summed E-state index contributed by atoms with van der Waals surface area (Å²) in [5, 5.41) is 3.49. The average molecular weight is 428 g/mol. The number of carbonyl (C=O) groups is 2. The number of nitrogens with one attached hydrogen (secondary N) is 1. The zero-order chi connectivity index (χ0) is 22.2. The third-order valence-corrected chi connectivity index (χ3v) is 4.93. The van der Waals surface area contributed by atoms with Crippen LogP contribution >= 0.6 is 0 Å². The van der Waals surface area contributed by atoms with Crippen LogP contribution in [0.1, 0.15) is 6.92 Å². The van der Waals surface area contributed by atoms with E-state index < -0.39 is 0 Å². The lowest BCUT2D eigenvalue weighted by Crippen LogP contribution is -2.49. The molecule has 2 aromatic rings. The second-order valence-electron chi connectivity index (χ2n) is 7.10. The Morgan fingerprint density at radius 3 is 2.71 bits per heavy atom. The van der Waals surface area contributed by atoms with Gasteiger partial charge in [-0.15, -0.1) is 0 Å². The molecule has 10 nitrogen and oxygen atoms in total. The van der Waals surface area contributed by atoms with Gasteiger partial charge in [0, 0.05) is 50.4 Å². The van der Waals surface area contributed by atoms with Gasteiger partial charge in [-0.3, -0.25) is 19.4 Å². The summed E-state index contributed by atoms with van der Waals surface area (Å²) in [6.07, 6.45) is 2.80. The molecule has 1 amide bonds. The van der Waals surface area contributed by atoms with Crippen molar-refractivity contribution in [2.24, 2.45) is 0 Å². The predicted octanol–water partition coefficient (Wildman–Crippen LogP) is 0.896. The third kappa shape index (κ3) is 6.37. The normalized spacial score (nSPS) is 14.9. The topological polar surface area (TPSA) is 123 Å². The minimum atomic E-state index is -0.335. The van der Waals surface area contributed by atoms with Crippen LogP contribution in [-0.2, 0) is 14.3 Å². The number of amides is 1. The SMILES string of the molecule is C=CC(=O)Nc1cc2cnc(N)nc2cc1OCCN1CCN(CC(=O)OCC)CC1. The van der Waals surface area contributed by atoms with Crippen LogP contribution in [0.25, 0.3) is 10.9 Å². The summed E-state index contributed by atoms with van der Waals surface area (Å²) in [5.74, 6) is 0.149. The third-order valence-electron chi connectivity index (χ3n) is 4.93. The van der Waals surface area contributed by atoms with Gasteiger partial charge in [0.2, 0.25) is 11.9 Å². The lowest BCUT2D eigenvalue weighted by atomic mass is 10.2. The van der Waals surface area contributed by atoms with Crippen molar-refractivity contribution >= 4 is 34.4 Å². The van der Waals surface area contributed by atoms with Gasteiger partial charge in [0.05, 0.1) is 24.4 Å². The Balaban J connectivity index is 1.57. The van der Waals surface area contributed by atoms with Crippen LogP contribution in [0, 0.1) is 0 Å². The standard InChI is InChI=1S/C21H28N6O4/c1-3-19(28)24-17-11-15-13-23-21(22)25-16(15)12-18(17)31-10-9-26-5-7-27(8-6-26)14-20(29)30-4-2/h3,11-13H,1,4-10,14H2,2H3,(H,24,28)(H2,22,23,25). The number of hydrogen-bond donors (Lipinski definition) is 2. The van der Waals surface area contributed by atoms with Gasteiger partial charge in [-0.05, 0) is 19.1 Å². The number of nitrogens with two attached hydrogens (primary N) is 1. The minimum absolute atomic E-state index is 0.169. The number of ether oxygens (including phenoxy) is 2. The van der Waals surface area contributed by atoms with Gasteiger partial charge in [0.1, 0.15) is 12.4 Å². The Kier molecular flexibility index (Phi) is 7.74. The van der Waals surface area contributed by atoms with Gasteiger partial charge in [-0.25, -0.2) is 9.97 Å². The van der Waals surface area contributed by atoms with Crippen molar-refractivity contribution in [1.82, 2.24) is 19.8 Å². The second kappa shape index (κ2) is 10.7. The zero-order valence-electron chi connectivity index (χ0n) is 17.7. The van der Waals surface area contributed by atoms with E-state index in [2.05, 4.69) is 31.7 Å². The smallest absolute Gasteiger partial charge is 0.320 e. The summed E-state index contributed by atoms with van der Waals surface area (Å²) in [7, 11) is 0. The number of hydrogen-bond acceptors (Lipinski definition) is 9. The molecule has 0 radical (unpaired) electrons. The second-order valence-corrected chi connectivity index (χ2v) is 7.10. The van der Waals surface area contributed by atoms with Crippen LogP contribution in [0.15, 0.2) is 31.0 Å². The number of nitrogens with zero attached hydrogens (tertiary/aromatic N) is 4. The van der Waals surface area contributed by atoms with Crippen molar-refractivity contribution < 1.29 is 19.1 Å². The monoisotopic (exact) mass is 428 g/mol. The number of anilines is 2. The lowest BCUT2D eigenvalue weighted by Gasteiger charge is -2.33. The molecule has 3 N–H and O–H groups in total. The number of benzene rings is 1. The van der Waals surface area contributed by atoms with Crippen molar-refractivity contribution in [3.05, 3.63) is 31.0 Å². The molecule has 1 aliphatic rings. The highest BCUT2D eigenvalue weighted by Gasteiger charge is 2.19. The van der Waals surface area contributed by atoms with Gasteiger partial charge in [0.25, 0.3) is 0 Å². The van der Waals surface area contributed by atoms with Gasteiger partial charge in [-0.1, -0.05) is 6.58 Å². The summed E-state index contributed by atoms with van der Waals surface area (Å²) in [6.45, 7) is 10.4. The van der Waals surface area contributed by atoms with Crippen LogP contribution in [0.2, 0.25) is 0 Å². The van der Waals surface area contributed by atoms with Crippen LogP contribution < -0.4 is 15.8 Å². The molecule has 1 aromatic carbocycles. The molecular formula is C21H28N6O4. The molecular weight excluding hydrogens is 400 g/mol. The van der Waals surface area contributed by atoms with Crippen molar-refractivity contribution in [3.63, 3.8) is 0 Å². The van der Waals surface area contributed by atoms with E-state index >= 15 is 0 Å². The average Bonchev–Trinajstić information content (AvgIpc) is 2.75. The molecule has 1 saturated heterocycles. The molecule has 1 aromatic heterocycles. The molecule has 0 saturated carbocycles. The fraction of sp³-hybridized carbons (Fsp3) is 0.429. The van der Waals surface area contributed by atoms with E-state index in [1.54, 1.807) is 18.3 Å². The van der Waals surface area contributed by atoms with Crippen LogP contribution in [0.5, 0.6) is 5.75 Å². The van der Waals surface area contributed by atoms with Gasteiger partial charge < -0.3 is 20.5 Å². The first-order chi connectivity index (χ1) is 15.0. The summed E-state index contributed by atoms with van der Waals surface area (Å²) in [4.78, 5) is 36.0. The molecule has 1 aliphatic heterocycles. The maximum absolute atomic E-state index is 11.8. The fourth-order valence-electron chi connectivity index (χ4n) is 3.32.